The molecule has 4 heteroatoms. The Hall–Kier alpha value is -1.29. The quantitative estimate of drug-likeness (QED) is 0.560. The monoisotopic (exact) mass is 197 g/mol. The second kappa shape index (κ2) is 5.44. The summed E-state index contributed by atoms with van der Waals surface area (Å²) in [6.07, 6.45) is 2.61. The number of aromatic nitrogens is 1. The lowest BCUT2D eigenvalue weighted by molar-refractivity contribution is 0.181. The second-order valence-electron chi connectivity index (χ2n) is 2.95. The Bertz CT molecular complexity index is 283. The van der Waals surface area contributed by atoms with Gasteiger partial charge in [-0.25, -0.2) is 0 Å². The van der Waals surface area contributed by atoms with Gasteiger partial charge in [0, 0.05) is 6.07 Å². The number of aliphatic hydroxyl groups excluding tert-OH is 1. The summed E-state index contributed by atoms with van der Waals surface area (Å²) in [7, 11) is 0. The van der Waals surface area contributed by atoms with Gasteiger partial charge in [-0.3, -0.25) is 0 Å². The van der Waals surface area contributed by atoms with Crippen LogP contribution in [0.3, 0.4) is 0 Å². The van der Waals surface area contributed by atoms with Crippen molar-refractivity contribution in [3.8, 4) is 5.88 Å². The van der Waals surface area contributed by atoms with Gasteiger partial charge in [0.1, 0.15) is 6.10 Å². The van der Waals surface area contributed by atoms with E-state index in [1.807, 2.05) is 0 Å². The van der Waals surface area contributed by atoms with Crippen molar-refractivity contribution in [3.63, 3.8) is 0 Å². The van der Waals surface area contributed by atoms with Crippen LogP contribution in [0.1, 0.15) is 31.6 Å². The van der Waals surface area contributed by atoms with E-state index in [-0.39, 0.29) is 0 Å². The molecular formula is C10H15NO3. The molecule has 1 aromatic rings. The summed E-state index contributed by atoms with van der Waals surface area (Å²) in [5.41, 5.74) is 0. The Labute approximate surface area is 83.2 Å². The fourth-order valence-corrected chi connectivity index (χ4v) is 0.917. The predicted molar refractivity (Wildman–Crippen MR) is 52.1 cm³/mol. The minimum atomic E-state index is -0.814. The number of hydrogen-bond acceptors (Lipinski definition) is 4. The molecule has 0 aliphatic carbocycles. The van der Waals surface area contributed by atoms with Crippen molar-refractivity contribution in [2.45, 2.75) is 25.9 Å². The Morgan fingerprint density at radius 1 is 1.79 bits per heavy atom. The topological polar surface area (TPSA) is 55.5 Å². The first-order valence-corrected chi connectivity index (χ1v) is 4.68. The van der Waals surface area contributed by atoms with E-state index in [1.54, 1.807) is 6.07 Å². The first-order chi connectivity index (χ1) is 6.77. The van der Waals surface area contributed by atoms with Gasteiger partial charge >= 0.3 is 0 Å². The second-order valence-corrected chi connectivity index (χ2v) is 2.95. The van der Waals surface area contributed by atoms with E-state index in [9.17, 15) is 5.11 Å². The summed E-state index contributed by atoms with van der Waals surface area (Å²) >= 11 is 0. The molecule has 4 nitrogen and oxygen atoms in total. The Kier molecular flexibility index (Phi) is 4.19. The largest absolute Gasteiger partial charge is 0.476 e. The molecule has 0 saturated carbocycles. The van der Waals surface area contributed by atoms with Gasteiger partial charge in [0.15, 0.2) is 5.76 Å². The zero-order valence-corrected chi connectivity index (χ0v) is 8.27. The summed E-state index contributed by atoms with van der Waals surface area (Å²) < 4.78 is 10.1. The van der Waals surface area contributed by atoms with Gasteiger partial charge in [-0.15, -0.1) is 6.58 Å². The molecule has 14 heavy (non-hydrogen) atoms. The molecule has 1 N–H and O–H groups in total. The Balaban J connectivity index is 2.46. The van der Waals surface area contributed by atoms with Gasteiger partial charge in [-0.1, -0.05) is 19.4 Å². The molecule has 0 amide bonds. The van der Waals surface area contributed by atoms with Crippen LogP contribution < -0.4 is 4.74 Å². The number of rotatable bonds is 6. The van der Waals surface area contributed by atoms with Crippen molar-refractivity contribution in [2.24, 2.45) is 0 Å². The third kappa shape index (κ3) is 2.88. The summed E-state index contributed by atoms with van der Waals surface area (Å²) in [5.74, 6) is 0.765. The number of unbranched alkanes of at least 4 members (excludes halogenated alkanes) is 1. The summed E-state index contributed by atoms with van der Waals surface area (Å²) in [6, 6.07) is 1.57. The van der Waals surface area contributed by atoms with Gasteiger partial charge in [0.2, 0.25) is 0 Å². The predicted octanol–water partition coefficient (Wildman–Crippen LogP) is 2.07. The van der Waals surface area contributed by atoms with Crippen molar-refractivity contribution < 1.29 is 14.4 Å². The lowest BCUT2D eigenvalue weighted by atomic mass is 10.3. The van der Waals surface area contributed by atoms with Crippen LogP contribution in [0.15, 0.2) is 23.2 Å². The minimum Gasteiger partial charge on any atom is -0.476 e. The highest BCUT2D eigenvalue weighted by Crippen LogP contribution is 2.19. The first kappa shape index (κ1) is 10.8. The van der Waals surface area contributed by atoms with Crippen LogP contribution in [0, 0.1) is 0 Å². The van der Waals surface area contributed by atoms with Gasteiger partial charge in [-0.05, 0) is 11.6 Å². The molecule has 0 aliphatic heterocycles. The third-order valence-corrected chi connectivity index (χ3v) is 1.77. The van der Waals surface area contributed by atoms with Crippen LogP contribution >= 0.6 is 0 Å². The number of ether oxygens (including phenoxy) is 1. The van der Waals surface area contributed by atoms with Crippen molar-refractivity contribution in [3.05, 3.63) is 24.5 Å². The van der Waals surface area contributed by atoms with Gasteiger partial charge in [-0.2, -0.15) is 0 Å². The summed E-state index contributed by atoms with van der Waals surface area (Å²) in [4.78, 5) is 0. The molecule has 1 atom stereocenters. The molecule has 1 aromatic heterocycles. The van der Waals surface area contributed by atoms with Gasteiger partial charge in [0.25, 0.3) is 5.88 Å². The normalized spacial score (nSPS) is 12.4. The standard InChI is InChI=1S/C10H15NO3/c1-3-5-6-13-10-7-9(14-11-10)8(12)4-2/h4,7-8,12H,2-3,5-6H2,1H3/t8-/m1/s1. The number of aliphatic hydroxyl groups is 1. The molecule has 78 valence electrons. The van der Waals surface area contributed by atoms with Crippen molar-refractivity contribution >= 4 is 0 Å². The van der Waals surface area contributed by atoms with Crippen LogP contribution in [-0.4, -0.2) is 16.9 Å². The molecule has 0 aliphatic rings. The summed E-state index contributed by atoms with van der Waals surface area (Å²) in [5, 5.41) is 13.0. The van der Waals surface area contributed by atoms with E-state index in [2.05, 4.69) is 18.7 Å². The molecule has 0 aromatic carbocycles. The van der Waals surface area contributed by atoms with E-state index in [1.165, 1.54) is 6.08 Å². The van der Waals surface area contributed by atoms with Crippen molar-refractivity contribution in [2.75, 3.05) is 6.61 Å². The van der Waals surface area contributed by atoms with Crippen LogP contribution in [0.25, 0.3) is 0 Å². The van der Waals surface area contributed by atoms with E-state index in [4.69, 9.17) is 9.26 Å². The molecule has 0 radical (unpaired) electrons. The van der Waals surface area contributed by atoms with Gasteiger partial charge < -0.3 is 14.4 Å². The minimum absolute atomic E-state index is 0.353. The maximum absolute atomic E-state index is 9.31. The van der Waals surface area contributed by atoms with Crippen LogP contribution in [0.4, 0.5) is 0 Å². The first-order valence-electron chi connectivity index (χ1n) is 4.68. The van der Waals surface area contributed by atoms with Crippen LogP contribution in [0.5, 0.6) is 5.88 Å². The van der Waals surface area contributed by atoms with E-state index < -0.39 is 6.10 Å². The maximum atomic E-state index is 9.31. The lowest BCUT2D eigenvalue weighted by Crippen LogP contribution is -1.96. The number of hydrogen-bond donors (Lipinski definition) is 1. The van der Waals surface area contributed by atoms with Crippen molar-refractivity contribution in [1.82, 2.24) is 5.16 Å². The third-order valence-electron chi connectivity index (χ3n) is 1.77. The van der Waals surface area contributed by atoms with Crippen molar-refractivity contribution in [1.29, 1.82) is 0 Å². The average molecular weight is 197 g/mol. The van der Waals surface area contributed by atoms with E-state index in [0.717, 1.165) is 12.8 Å². The highest BCUT2D eigenvalue weighted by Gasteiger charge is 2.10. The Morgan fingerprint density at radius 3 is 3.21 bits per heavy atom. The molecule has 1 rings (SSSR count). The molecule has 0 fully saturated rings. The fraction of sp³-hybridized carbons (Fsp3) is 0.500. The number of nitrogens with zero attached hydrogens (tertiary/aromatic N) is 1. The molecule has 0 unspecified atom stereocenters. The highest BCUT2D eigenvalue weighted by atomic mass is 16.5. The van der Waals surface area contributed by atoms with Gasteiger partial charge in [0.05, 0.1) is 6.61 Å². The highest BCUT2D eigenvalue weighted by molar-refractivity contribution is 5.15. The maximum Gasteiger partial charge on any atom is 0.254 e. The lowest BCUT2D eigenvalue weighted by Gasteiger charge is -1.98. The van der Waals surface area contributed by atoms with E-state index in [0.29, 0.717) is 18.2 Å². The van der Waals surface area contributed by atoms with E-state index >= 15 is 0 Å². The summed E-state index contributed by atoms with van der Waals surface area (Å²) in [6.45, 7) is 6.14. The zero-order chi connectivity index (χ0) is 10.4. The Morgan fingerprint density at radius 2 is 2.57 bits per heavy atom. The molecular weight excluding hydrogens is 182 g/mol. The van der Waals surface area contributed by atoms with Crippen LogP contribution in [-0.2, 0) is 0 Å². The SMILES string of the molecule is C=C[C@@H](O)c1cc(OCCCC)no1. The average Bonchev–Trinajstić information content (AvgIpc) is 2.66. The smallest absolute Gasteiger partial charge is 0.254 e. The molecule has 0 saturated heterocycles. The zero-order valence-electron chi connectivity index (χ0n) is 8.27. The molecule has 0 spiro atoms. The van der Waals surface area contributed by atoms with Crippen LogP contribution in [0.2, 0.25) is 0 Å². The molecule has 0 bridgehead atoms. The fourth-order valence-electron chi connectivity index (χ4n) is 0.917. The molecule has 1 heterocycles.